The van der Waals surface area contributed by atoms with E-state index in [9.17, 15) is 18.0 Å². The summed E-state index contributed by atoms with van der Waals surface area (Å²) >= 11 is 0. The molecule has 1 aromatic carbocycles. The summed E-state index contributed by atoms with van der Waals surface area (Å²) in [6.07, 6.45) is -4.78. The Morgan fingerprint density at radius 2 is 2.00 bits per heavy atom. The maximum absolute atomic E-state index is 13.7. The quantitative estimate of drug-likeness (QED) is 0.782. The molecule has 0 radical (unpaired) electrons. The molecule has 4 nitrogen and oxygen atoms in total. The van der Waals surface area contributed by atoms with Gasteiger partial charge in [0.2, 0.25) is 5.54 Å². The van der Waals surface area contributed by atoms with Crippen molar-refractivity contribution >= 4 is 11.7 Å². The summed E-state index contributed by atoms with van der Waals surface area (Å²) in [7, 11) is 1.35. The molecule has 0 aliphatic carbocycles. The molecule has 0 bridgehead atoms. The van der Waals surface area contributed by atoms with Crippen molar-refractivity contribution in [2.24, 2.45) is 5.92 Å². The minimum atomic E-state index is -4.78. The van der Waals surface area contributed by atoms with E-state index in [1.54, 1.807) is 13.8 Å². The number of anilines is 1. The van der Waals surface area contributed by atoms with Crippen molar-refractivity contribution in [3.05, 3.63) is 23.8 Å². The molecule has 1 aromatic rings. The van der Waals surface area contributed by atoms with Crippen LogP contribution in [0.1, 0.15) is 19.4 Å². The summed E-state index contributed by atoms with van der Waals surface area (Å²) in [4.78, 5) is 11.7. The molecule has 1 heterocycles. The normalized spacial score (nSPS) is 20.4. The molecular weight excluding hydrogens is 297 g/mol. The lowest BCUT2D eigenvalue weighted by atomic mass is 9.86. The Morgan fingerprint density at radius 1 is 1.32 bits per heavy atom. The van der Waals surface area contributed by atoms with Gasteiger partial charge in [-0.25, -0.2) is 4.79 Å². The maximum atomic E-state index is 13.7. The first kappa shape index (κ1) is 16.0. The van der Waals surface area contributed by atoms with Crippen LogP contribution in [0.25, 0.3) is 0 Å². The van der Waals surface area contributed by atoms with Gasteiger partial charge in [-0.2, -0.15) is 13.2 Å². The van der Waals surface area contributed by atoms with E-state index in [0.29, 0.717) is 0 Å². The molecule has 118 valence electrons. The Bertz CT molecular complexity index is 659. The van der Waals surface area contributed by atoms with Gasteiger partial charge in [0.15, 0.2) is 0 Å². The standard InChI is InChI=1S/C15H15F3N2O2/c1-9(2)6-7-14(15(16,17)18)11-8-10(22-3)4-5-12(11)19-13(21)20-14/h4-5,8-9H,1-3H3,(H2,19,20,21). The van der Waals surface area contributed by atoms with Gasteiger partial charge in [-0.3, -0.25) is 0 Å². The van der Waals surface area contributed by atoms with Crippen molar-refractivity contribution in [2.45, 2.75) is 25.6 Å². The fourth-order valence-corrected chi connectivity index (χ4v) is 2.11. The van der Waals surface area contributed by atoms with Crippen molar-refractivity contribution in [3.8, 4) is 17.6 Å². The number of carbonyl (C=O) groups excluding carboxylic acids is 1. The molecule has 1 atom stereocenters. The van der Waals surface area contributed by atoms with E-state index in [4.69, 9.17) is 4.74 Å². The van der Waals surface area contributed by atoms with Crippen LogP contribution >= 0.6 is 0 Å². The second-order valence-corrected chi connectivity index (χ2v) is 5.16. The minimum absolute atomic E-state index is 0.0555. The smallest absolute Gasteiger partial charge is 0.427 e. The molecule has 0 saturated carbocycles. The molecule has 22 heavy (non-hydrogen) atoms. The monoisotopic (exact) mass is 312 g/mol. The summed E-state index contributed by atoms with van der Waals surface area (Å²) < 4.78 is 46.2. The zero-order valence-corrected chi connectivity index (χ0v) is 12.3. The van der Waals surface area contributed by atoms with Crippen LogP contribution in [0.15, 0.2) is 18.2 Å². The predicted molar refractivity (Wildman–Crippen MR) is 75.5 cm³/mol. The number of amides is 2. The number of urea groups is 1. The fraction of sp³-hybridized carbons (Fsp3) is 0.400. The van der Waals surface area contributed by atoms with E-state index >= 15 is 0 Å². The van der Waals surface area contributed by atoms with Gasteiger partial charge in [0.25, 0.3) is 0 Å². The molecule has 1 aliphatic rings. The van der Waals surface area contributed by atoms with Crippen molar-refractivity contribution in [3.63, 3.8) is 0 Å². The van der Waals surface area contributed by atoms with Gasteiger partial charge in [-0.05, 0) is 18.2 Å². The van der Waals surface area contributed by atoms with E-state index in [2.05, 4.69) is 17.2 Å². The average molecular weight is 312 g/mol. The Labute approximate surface area is 126 Å². The van der Waals surface area contributed by atoms with Gasteiger partial charge in [-0.1, -0.05) is 25.7 Å². The highest BCUT2D eigenvalue weighted by Crippen LogP contribution is 2.44. The third-order valence-electron chi connectivity index (χ3n) is 3.15. The molecule has 2 N–H and O–H groups in total. The number of nitrogens with one attached hydrogen (secondary N) is 2. The number of benzene rings is 1. The van der Waals surface area contributed by atoms with E-state index in [-0.39, 0.29) is 22.9 Å². The van der Waals surface area contributed by atoms with Crippen molar-refractivity contribution in [1.29, 1.82) is 0 Å². The minimum Gasteiger partial charge on any atom is -0.497 e. The molecule has 2 rings (SSSR count). The number of alkyl halides is 3. The molecule has 0 saturated heterocycles. The van der Waals surface area contributed by atoms with Gasteiger partial charge in [0, 0.05) is 17.2 Å². The summed E-state index contributed by atoms with van der Waals surface area (Å²) in [6.45, 7) is 3.35. The number of hydrogen-bond donors (Lipinski definition) is 2. The Hall–Kier alpha value is -2.36. The summed E-state index contributed by atoms with van der Waals surface area (Å²) in [5.41, 5.74) is -2.89. The van der Waals surface area contributed by atoms with E-state index < -0.39 is 17.7 Å². The van der Waals surface area contributed by atoms with Gasteiger partial charge in [0.05, 0.1) is 7.11 Å². The number of fused-ring (bicyclic) bond motifs is 1. The molecule has 1 unspecified atom stereocenters. The molecule has 0 fully saturated rings. The van der Waals surface area contributed by atoms with Crippen LogP contribution in [0.3, 0.4) is 0 Å². The molecule has 0 aromatic heterocycles. The largest absolute Gasteiger partial charge is 0.497 e. The third kappa shape index (κ3) is 2.69. The van der Waals surface area contributed by atoms with Crippen molar-refractivity contribution < 1.29 is 22.7 Å². The van der Waals surface area contributed by atoms with Crippen LogP contribution in [0.4, 0.5) is 23.7 Å². The average Bonchev–Trinajstić information content (AvgIpc) is 2.42. The summed E-state index contributed by atoms with van der Waals surface area (Å²) in [6, 6.07) is 3.11. The van der Waals surface area contributed by atoms with Crippen molar-refractivity contribution in [1.82, 2.24) is 5.32 Å². The Balaban J connectivity index is 2.74. The second-order valence-electron chi connectivity index (χ2n) is 5.16. The van der Waals surface area contributed by atoms with E-state index in [0.717, 1.165) is 0 Å². The SMILES string of the molecule is COc1ccc2c(c1)C(C#CC(C)C)(C(F)(F)F)NC(=O)N2. The van der Waals surface area contributed by atoms with Crippen LogP contribution in [0, 0.1) is 17.8 Å². The highest BCUT2D eigenvalue weighted by Gasteiger charge is 2.59. The van der Waals surface area contributed by atoms with Gasteiger partial charge in [0.1, 0.15) is 5.75 Å². The summed E-state index contributed by atoms with van der Waals surface area (Å²) in [5.74, 6) is 4.69. The number of rotatable bonds is 1. The fourth-order valence-electron chi connectivity index (χ4n) is 2.11. The Kier molecular flexibility index (Phi) is 3.96. The molecule has 2 amide bonds. The molecular formula is C15H15F3N2O2. The topological polar surface area (TPSA) is 50.4 Å². The first-order valence-corrected chi connectivity index (χ1v) is 6.56. The number of hydrogen-bond acceptors (Lipinski definition) is 2. The van der Waals surface area contributed by atoms with Gasteiger partial charge >= 0.3 is 12.2 Å². The Morgan fingerprint density at radius 3 is 2.55 bits per heavy atom. The van der Waals surface area contributed by atoms with E-state index in [1.165, 1.54) is 25.3 Å². The lowest BCUT2D eigenvalue weighted by molar-refractivity contribution is -0.178. The third-order valence-corrected chi connectivity index (χ3v) is 3.15. The van der Waals surface area contributed by atoms with Gasteiger partial charge < -0.3 is 15.4 Å². The first-order chi connectivity index (χ1) is 10.2. The highest BCUT2D eigenvalue weighted by atomic mass is 19.4. The zero-order chi connectivity index (χ0) is 16.5. The molecule has 0 spiro atoms. The first-order valence-electron chi connectivity index (χ1n) is 6.56. The maximum Gasteiger partial charge on any atom is 0.427 e. The van der Waals surface area contributed by atoms with Crippen molar-refractivity contribution in [2.75, 3.05) is 12.4 Å². The lowest BCUT2D eigenvalue weighted by Gasteiger charge is -2.37. The number of ether oxygens (including phenoxy) is 1. The lowest BCUT2D eigenvalue weighted by Crippen LogP contribution is -2.59. The predicted octanol–water partition coefficient (Wildman–Crippen LogP) is 3.25. The highest BCUT2D eigenvalue weighted by molar-refractivity contribution is 5.95. The molecule has 7 heteroatoms. The zero-order valence-electron chi connectivity index (χ0n) is 12.3. The number of carbonyl (C=O) groups is 1. The van der Waals surface area contributed by atoms with E-state index in [1.807, 2.05) is 5.32 Å². The van der Waals surface area contributed by atoms with Crippen LogP contribution in [-0.2, 0) is 5.54 Å². The number of methoxy groups -OCH3 is 1. The molecule has 1 aliphatic heterocycles. The van der Waals surface area contributed by atoms with Crippen LogP contribution in [0.2, 0.25) is 0 Å². The second kappa shape index (κ2) is 5.44. The van der Waals surface area contributed by atoms with Crippen LogP contribution < -0.4 is 15.4 Å². The number of halogens is 3. The van der Waals surface area contributed by atoms with Gasteiger partial charge in [-0.15, -0.1) is 0 Å². The summed E-state index contributed by atoms with van der Waals surface area (Å²) in [5, 5.41) is 4.28. The van der Waals surface area contributed by atoms with Crippen LogP contribution in [-0.4, -0.2) is 19.3 Å². The van der Waals surface area contributed by atoms with Crippen LogP contribution in [0.5, 0.6) is 5.75 Å².